The van der Waals surface area contributed by atoms with Gasteiger partial charge in [0.1, 0.15) is 5.60 Å². The van der Waals surface area contributed by atoms with E-state index in [4.69, 9.17) is 4.74 Å². The van der Waals surface area contributed by atoms with Gasteiger partial charge in [-0.15, -0.1) is 0 Å². The van der Waals surface area contributed by atoms with Crippen molar-refractivity contribution in [3.05, 3.63) is 0 Å². The summed E-state index contributed by atoms with van der Waals surface area (Å²) in [5.41, 5.74) is 0.0829. The summed E-state index contributed by atoms with van der Waals surface area (Å²) in [5.74, 6) is 0. The Morgan fingerprint density at radius 3 is 2.37 bits per heavy atom. The molecule has 0 bridgehead atoms. The number of amides is 1. The van der Waals surface area contributed by atoms with Gasteiger partial charge in [0.2, 0.25) is 0 Å². The maximum atomic E-state index is 11.4. The molecule has 1 rings (SSSR count). The van der Waals surface area contributed by atoms with Gasteiger partial charge in [-0.25, -0.2) is 4.79 Å². The van der Waals surface area contributed by atoms with Crippen LogP contribution in [0.15, 0.2) is 0 Å². The highest BCUT2D eigenvalue weighted by atomic mass is 16.6. The molecule has 19 heavy (non-hydrogen) atoms. The van der Waals surface area contributed by atoms with E-state index in [0.29, 0.717) is 12.0 Å². The van der Waals surface area contributed by atoms with E-state index in [1.807, 2.05) is 20.8 Å². The number of carbonyl (C=O) groups excluding carboxylic acids is 1. The van der Waals surface area contributed by atoms with Crippen LogP contribution in [-0.4, -0.2) is 31.3 Å². The van der Waals surface area contributed by atoms with Gasteiger partial charge in [-0.1, -0.05) is 19.8 Å². The molecule has 0 spiro atoms. The molecule has 1 amide bonds. The highest BCUT2D eigenvalue weighted by molar-refractivity contribution is 5.67. The lowest BCUT2D eigenvalue weighted by atomic mass is 9.83. The third-order valence-corrected chi connectivity index (χ3v) is 3.88. The summed E-state index contributed by atoms with van der Waals surface area (Å²) in [7, 11) is 0. The maximum Gasteiger partial charge on any atom is 0.407 e. The number of nitrogens with one attached hydrogen (secondary N) is 2. The molecule has 0 radical (unpaired) electrons. The summed E-state index contributed by atoms with van der Waals surface area (Å²) in [6.07, 6.45) is 6.34. The third-order valence-electron chi connectivity index (χ3n) is 3.88. The minimum atomic E-state index is -0.423. The Morgan fingerprint density at radius 1 is 1.21 bits per heavy atom. The zero-order chi connectivity index (χ0) is 14.4. The highest BCUT2D eigenvalue weighted by Crippen LogP contribution is 2.40. The quantitative estimate of drug-likeness (QED) is 0.729. The van der Waals surface area contributed by atoms with E-state index in [9.17, 15) is 4.79 Å². The molecule has 0 atom stereocenters. The SMILES string of the molecule is CCC1(CNCCNC(=O)OC(C)(C)C)CCCC1. The molecule has 0 aromatic carbocycles. The lowest BCUT2D eigenvalue weighted by Gasteiger charge is -2.27. The third kappa shape index (κ3) is 6.28. The molecule has 0 aromatic heterocycles. The molecular weight excluding hydrogens is 240 g/mol. The lowest BCUT2D eigenvalue weighted by molar-refractivity contribution is 0.0528. The van der Waals surface area contributed by atoms with E-state index >= 15 is 0 Å². The van der Waals surface area contributed by atoms with Crippen LogP contribution in [-0.2, 0) is 4.74 Å². The lowest BCUT2D eigenvalue weighted by Crippen LogP contribution is -2.39. The molecule has 2 N–H and O–H groups in total. The summed E-state index contributed by atoms with van der Waals surface area (Å²) in [4.78, 5) is 11.4. The molecular formula is C15H30N2O2. The number of hydrogen-bond acceptors (Lipinski definition) is 3. The van der Waals surface area contributed by atoms with Crippen LogP contribution in [0.5, 0.6) is 0 Å². The molecule has 1 saturated carbocycles. The first-order valence-electron chi connectivity index (χ1n) is 7.54. The fourth-order valence-electron chi connectivity index (χ4n) is 2.70. The molecule has 112 valence electrons. The standard InChI is InChI=1S/C15H30N2O2/c1-5-15(8-6-7-9-15)12-16-10-11-17-13(18)19-14(2,3)4/h16H,5-12H2,1-4H3,(H,17,18). The van der Waals surface area contributed by atoms with Gasteiger partial charge >= 0.3 is 6.09 Å². The number of rotatable bonds is 6. The van der Waals surface area contributed by atoms with E-state index < -0.39 is 5.60 Å². The fraction of sp³-hybridized carbons (Fsp3) is 0.933. The van der Waals surface area contributed by atoms with Crippen LogP contribution < -0.4 is 10.6 Å². The minimum absolute atomic E-state index is 0.333. The number of carbonyl (C=O) groups is 1. The monoisotopic (exact) mass is 270 g/mol. The number of ether oxygens (including phenoxy) is 1. The van der Waals surface area contributed by atoms with Gasteiger partial charge in [0.15, 0.2) is 0 Å². The Morgan fingerprint density at radius 2 is 1.84 bits per heavy atom. The summed E-state index contributed by atoms with van der Waals surface area (Å²) >= 11 is 0. The van der Waals surface area contributed by atoms with Gasteiger partial charge in [-0.3, -0.25) is 0 Å². The van der Waals surface area contributed by atoms with E-state index in [1.54, 1.807) is 0 Å². The second-order valence-corrected chi connectivity index (χ2v) is 6.67. The summed E-state index contributed by atoms with van der Waals surface area (Å²) in [5, 5.41) is 6.24. The van der Waals surface area contributed by atoms with Gasteiger partial charge in [-0.05, 0) is 45.4 Å². The second-order valence-electron chi connectivity index (χ2n) is 6.67. The average molecular weight is 270 g/mol. The summed E-state index contributed by atoms with van der Waals surface area (Å²) in [6, 6.07) is 0. The molecule has 0 unspecified atom stereocenters. The van der Waals surface area contributed by atoms with Gasteiger partial charge in [0, 0.05) is 19.6 Å². The molecule has 1 aliphatic rings. The van der Waals surface area contributed by atoms with Crippen LogP contribution in [0.1, 0.15) is 59.8 Å². The van der Waals surface area contributed by atoms with Gasteiger partial charge in [0.25, 0.3) is 0 Å². The van der Waals surface area contributed by atoms with Crippen molar-refractivity contribution in [3.63, 3.8) is 0 Å². The zero-order valence-corrected chi connectivity index (χ0v) is 13.0. The molecule has 0 aliphatic heterocycles. The van der Waals surface area contributed by atoms with E-state index in [1.165, 1.54) is 32.1 Å². The molecule has 1 fully saturated rings. The van der Waals surface area contributed by atoms with E-state index in [-0.39, 0.29) is 6.09 Å². The van der Waals surface area contributed by atoms with E-state index in [0.717, 1.165) is 13.1 Å². The van der Waals surface area contributed by atoms with Crippen LogP contribution in [0.25, 0.3) is 0 Å². The average Bonchev–Trinajstić information content (AvgIpc) is 2.75. The van der Waals surface area contributed by atoms with Crippen molar-refractivity contribution in [2.45, 2.75) is 65.4 Å². The Balaban J connectivity index is 2.09. The van der Waals surface area contributed by atoms with Crippen molar-refractivity contribution in [3.8, 4) is 0 Å². The first-order valence-corrected chi connectivity index (χ1v) is 7.54. The van der Waals surface area contributed by atoms with Crippen molar-refractivity contribution in [1.82, 2.24) is 10.6 Å². The van der Waals surface area contributed by atoms with Crippen molar-refractivity contribution in [2.24, 2.45) is 5.41 Å². The van der Waals surface area contributed by atoms with Crippen molar-refractivity contribution < 1.29 is 9.53 Å². The smallest absolute Gasteiger partial charge is 0.407 e. The Kier molecular flexibility index (Phi) is 6.11. The highest BCUT2D eigenvalue weighted by Gasteiger charge is 2.31. The summed E-state index contributed by atoms with van der Waals surface area (Å²) in [6.45, 7) is 10.4. The predicted molar refractivity (Wildman–Crippen MR) is 78.3 cm³/mol. The van der Waals surface area contributed by atoms with Crippen molar-refractivity contribution in [1.29, 1.82) is 0 Å². The van der Waals surface area contributed by atoms with Crippen LogP contribution in [0, 0.1) is 5.41 Å². The normalized spacial score (nSPS) is 18.3. The largest absolute Gasteiger partial charge is 0.444 e. The first-order chi connectivity index (χ1) is 8.87. The van der Waals surface area contributed by atoms with Gasteiger partial charge in [-0.2, -0.15) is 0 Å². The topological polar surface area (TPSA) is 50.4 Å². The predicted octanol–water partition coefficient (Wildman–Crippen LogP) is 3.07. The molecule has 4 heteroatoms. The summed E-state index contributed by atoms with van der Waals surface area (Å²) < 4.78 is 5.18. The molecule has 0 saturated heterocycles. The molecule has 0 heterocycles. The van der Waals surface area contributed by atoms with Crippen LogP contribution in [0.3, 0.4) is 0 Å². The molecule has 4 nitrogen and oxygen atoms in total. The van der Waals surface area contributed by atoms with E-state index in [2.05, 4.69) is 17.6 Å². The van der Waals surface area contributed by atoms with Gasteiger partial charge < -0.3 is 15.4 Å². The van der Waals surface area contributed by atoms with Crippen LogP contribution in [0.2, 0.25) is 0 Å². The Bertz CT molecular complexity index is 278. The van der Waals surface area contributed by atoms with Gasteiger partial charge in [0.05, 0.1) is 0 Å². The van der Waals surface area contributed by atoms with Crippen LogP contribution in [0.4, 0.5) is 4.79 Å². The minimum Gasteiger partial charge on any atom is -0.444 e. The van der Waals surface area contributed by atoms with Crippen molar-refractivity contribution in [2.75, 3.05) is 19.6 Å². The fourth-order valence-corrected chi connectivity index (χ4v) is 2.70. The molecule has 1 aliphatic carbocycles. The Hall–Kier alpha value is -0.770. The first kappa shape index (κ1) is 16.3. The number of hydrogen-bond donors (Lipinski definition) is 2. The zero-order valence-electron chi connectivity index (χ0n) is 13.0. The molecule has 0 aromatic rings. The van der Waals surface area contributed by atoms with Crippen LogP contribution >= 0.6 is 0 Å². The Labute approximate surface area is 117 Å². The number of alkyl carbamates (subject to hydrolysis) is 1. The van der Waals surface area contributed by atoms with Crippen molar-refractivity contribution >= 4 is 6.09 Å². The second kappa shape index (κ2) is 7.13. The maximum absolute atomic E-state index is 11.4.